The molecule has 0 aliphatic carbocycles. The van der Waals surface area contributed by atoms with Crippen LogP contribution in [0.3, 0.4) is 0 Å². The fourth-order valence-corrected chi connectivity index (χ4v) is 3.93. The van der Waals surface area contributed by atoms with Crippen molar-refractivity contribution < 1.29 is 37.3 Å². The van der Waals surface area contributed by atoms with Crippen LogP contribution < -0.4 is 15.4 Å². The molecule has 3 aromatic rings. The predicted molar refractivity (Wildman–Crippen MR) is 130 cm³/mol. The molecule has 2 amide bonds. The van der Waals surface area contributed by atoms with Gasteiger partial charge in [0.15, 0.2) is 0 Å². The van der Waals surface area contributed by atoms with Crippen molar-refractivity contribution in [2.24, 2.45) is 0 Å². The number of ether oxygens (including phenoxy) is 2. The molecule has 1 fully saturated rings. The highest BCUT2D eigenvalue weighted by Gasteiger charge is 2.31. The zero-order valence-corrected chi connectivity index (χ0v) is 20.3. The van der Waals surface area contributed by atoms with E-state index in [0.717, 1.165) is 12.1 Å². The molecule has 1 aliphatic heterocycles. The van der Waals surface area contributed by atoms with E-state index in [1.165, 1.54) is 18.3 Å². The van der Waals surface area contributed by atoms with Gasteiger partial charge in [-0.25, -0.2) is 9.78 Å². The minimum absolute atomic E-state index is 0.0828. The Morgan fingerprint density at radius 1 is 1.18 bits per heavy atom. The number of halogens is 3. The van der Waals surface area contributed by atoms with Crippen LogP contribution in [0.25, 0.3) is 11.1 Å². The summed E-state index contributed by atoms with van der Waals surface area (Å²) in [6, 6.07) is 10.9. The average Bonchev–Trinajstić information content (AvgIpc) is 3.40. The minimum Gasteiger partial charge on any atom is -0.465 e. The van der Waals surface area contributed by atoms with Gasteiger partial charge in [0.2, 0.25) is 0 Å². The first-order chi connectivity index (χ1) is 18.1. The lowest BCUT2D eigenvalue weighted by atomic mass is 9.95. The van der Waals surface area contributed by atoms with Crippen LogP contribution in [0.15, 0.2) is 54.7 Å². The third kappa shape index (κ3) is 6.76. The molecule has 12 heteroatoms. The van der Waals surface area contributed by atoms with Gasteiger partial charge in [-0.1, -0.05) is 30.3 Å². The molecule has 1 saturated heterocycles. The maximum atomic E-state index is 13.3. The van der Waals surface area contributed by atoms with Gasteiger partial charge in [-0.3, -0.25) is 4.79 Å². The highest BCUT2D eigenvalue weighted by atomic mass is 19.4. The maximum absolute atomic E-state index is 13.3. The van der Waals surface area contributed by atoms with Crippen LogP contribution in [-0.2, 0) is 17.5 Å². The van der Waals surface area contributed by atoms with Crippen molar-refractivity contribution in [3.63, 3.8) is 0 Å². The molecule has 38 heavy (non-hydrogen) atoms. The fourth-order valence-electron chi connectivity index (χ4n) is 3.93. The number of carbonyl (C=O) groups is 2. The van der Waals surface area contributed by atoms with Crippen LogP contribution in [-0.4, -0.2) is 46.4 Å². The Kier molecular flexibility index (Phi) is 8.10. The fraction of sp³-hybridized carbons (Fsp3) is 0.308. The summed E-state index contributed by atoms with van der Waals surface area (Å²) in [5.74, 6) is -0.448. The zero-order valence-electron chi connectivity index (χ0n) is 20.3. The van der Waals surface area contributed by atoms with Gasteiger partial charge in [-0.2, -0.15) is 18.2 Å². The second-order valence-corrected chi connectivity index (χ2v) is 8.67. The second-order valence-electron chi connectivity index (χ2n) is 8.67. The number of nitrogens with zero attached hydrogens (tertiary/aromatic N) is 2. The molecule has 4 rings (SSSR count). The molecule has 2 atom stereocenters. The van der Waals surface area contributed by atoms with E-state index < -0.39 is 29.8 Å². The Morgan fingerprint density at radius 3 is 2.61 bits per heavy atom. The number of hydrogen-bond donors (Lipinski definition) is 3. The average molecular weight is 531 g/mol. The van der Waals surface area contributed by atoms with Crippen molar-refractivity contribution >= 4 is 12.0 Å². The molecule has 1 aromatic heterocycles. The van der Waals surface area contributed by atoms with E-state index in [4.69, 9.17) is 14.6 Å². The summed E-state index contributed by atoms with van der Waals surface area (Å²) in [5, 5.41) is 13.9. The number of hydrogen-bond acceptors (Lipinski definition) is 6. The van der Waals surface area contributed by atoms with E-state index in [2.05, 4.69) is 20.6 Å². The van der Waals surface area contributed by atoms with Gasteiger partial charge in [0.05, 0.1) is 24.8 Å². The van der Waals surface area contributed by atoms with Crippen molar-refractivity contribution in [3.8, 4) is 17.1 Å². The summed E-state index contributed by atoms with van der Waals surface area (Å²) in [5.41, 5.74) is 1.09. The number of carbonyl (C=O) groups excluding carboxylic acids is 1. The van der Waals surface area contributed by atoms with Gasteiger partial charge in [-0.05, 0) is 47.4 Å². The molecular weight excluding hydrogens is 505 g/mol. The SMILES string of the molecule is C[C@@H](NC(=O)c1ccnc(O[C@@H]2CCOC2)n1)c1ccc(-c2cc(C(F)(F)F)ccc2CNC(=O)O)cc1. The third-order valence-corrected chi connectivity index (χ3v) is 5.96. The van der Waals surface area contributed by atoms with Gasteiger partial charge in [0.1, 0.15) is 11.8 Å². The minimum atomic E-state index is -4.55. The van der Waals surface area contributed by atoms with Crippen molar-refractivity contribution in [1.29, 1.82) is 0 Å². The highest BCUT2D eigenvalue weighted by molar-refractivity contribution is 5.92. The first kappa shape index (κ1) is 26.9. The van der Waals surface area contributed by atoms with Crippen LogP contribution in [0.4, 0.5) is 18.0 Å². The quantitative estimate of drug-likeness (QED) is 0.389. The lowest BCUT2D eigenvalue weighted by Gasteiger charge is -2.17. The first-order valence-corrected chi connectivity index (χ1v) is 11.8. The number of amides is 2. The predicted octanol–water partition coefficient (Wildman–Crippen LogP) is 4.59. The van der Waals surface area contributed by atoms with Crippen LogP contribution in [0.2, 0.25) is 0 Å². The Morgan fingerprint density at radius 2 is 1.95 bits per heavy atom. The third-order valence-electron chi connectivity index (χ3n) is 5.96. The Hall–Kier alpha value is -4.19. The molecule has 9 nitrogen and oxygen atoms in total. The summed E-state index contributed by atoms with van der Waals surface area (Å²) in [6.07, 6.45) is -3.86. The highest BCUT2D eigenvalue weighted by Crippen LogP contribution is 2.34. The second kappa shape index (κ2) is 11.5. The van der Waals surface area contributed by atoms with Crippen molar-refractivity contribution in [3.05, 3.63) is 77.1 Å². The molecule has 3 N–H and O–H groups in total. The van der Waals surface area contributed by atoms with Gasteiger partial charge in [-0.15, -0.1) is 0 Å². The lowest BCUT2D eigenvalue weighted by molar-refractivity contribution is -0.137. The van der Waals surface area contributed by atoms with Gasteiger partial charge >= 0.3 is 18.3 Å². The summed E-state index contributed by atoms with van der Waals surface area (Å²) in [4.78, 5) is 31.9. The summed E-state index contributed by atoms with van der Waals surface area (Å²) in [6.45, 7) is 2.63. The maximum Gasteiger partial charge on any atom is 0.416 e. The van der Waals surface area contributed by atoms with Crippen LogP contribution in [0.5, 0.6) is 6.01 Å². The molecular formula is C26H25F3N4O5. The molecule has 1 aliphatic rings. The van der Waals surface area contributed by atoms with E-state index >= 15 is 0 Å². The van der Waals surface area contributed by atoms with E-state index in [1.54, 1.807) is 31.2 Å². The van der Waals surface area contributed by atoms with Crippen molar-refractivity contribution in [2.45, 2.75) is 38.2 Å². The number of rotatable bonds is 8. The Labute approximate surface area is 216 Å². The Balaban J connectivity index is 1.48. The van der Waals surface area contributed by atoms with E-state index in [-0.39, 0.29) is 29.9 Å². The van der Waals surface area contributed by atoms with Crippen molar-refractivity contribution in [2.75, 3.05) is 13.2 Å². The van der Waals surface area contributed by atoms with E-state index in [9.17, 15) is 22.8 Å². The largest absolute Gasteiger partial charge is 0.465 e. The smallest absolute Gasteiger partial charge is 0.416 e. The molecule has 0 radical (unpaired) electrons. The number of nitrogens with one attached hydrogen (secondary N) is 2. The molecule has 0 unspecified atom stereocenters. The van der Waals surface area contributed by atoms with Crippen molar-refractivity contribution in [1.82, 2.24) is 20.6 Å². The van der Waals surface area contributed by atoms with Crippen LogP contribution >= 0.6 is 0 Å². The standard InChI is InChI=1S/C26H25F3N4O5/c1-15(32-23(34)22-8-10-30-24(33-22)38-20-9-11-37-14-20)16-2-4-17(5-3-16)21-12-19(26(27,28)29)7-6-18(21)13-31-25(35)36/h2-8,10,12,15,20,31H,9,11,13-14H2,1H3,(H,32,34)(H,35,36)/t15-,20-/m1/s1. The number of alkyl halides is 3. The van der Waals surface area contributed by atoms with Gasteiger partial charge in [0.25, 0.3) is 5.91 Å². The molecule has 0 bridgehead atoms. The summed E-state index contributed by atoms with van der Waals surface area (Å²) in [7, 11) is 0. The van der Waals surface area contributed by atoms with Crippen LogP contribution in [0, 0.1) is 0 Å². The summed E-state index contributed by atoms with van der Waals surface area (Å²) >= 11 is 0. The monoisotopic (exact) mass is 530 g/mol. The van der Waals surface area contributed by atoms with E-state index in [0.29, 0.717) is 36.3 Å². The van der Waals surface area contributed by atoms with E-state index in [1.807, 2.05) is 0 Å². The van der Waals surface area contributed by atoms with Gasteiger partial charge in [0, 0.05) is 19.2 Å². The normalized spacial score (nSPS) is 16.1. The Bertz CT molecular complexity index is 1290. The van der Waals surface area contributed by atoms with Crippen LogP contribution in [0.1, 0.15) is 46.6 Å². The summed E-state index contributed by atoms with van der Waals surface area (Å²) < 4.78 is 50.8. The molecule has 0 saturated carbocycles. The zero-order chi connectivity index (χ0) is 27.3. The lowest BCUT2D eigenvalue weighted by Crippen LogP contribution is -2.28. The number of carboxylic acid groups (broad SMARTS) is 1. The molecule has 2 aromatic carbocycles. The number of benzene rings is 2. The molecule has 0 spiro atoms. The topological polar surface area (TPSA) is 123 Å². The first-order valence-electron chi connectivity index (χ1n) is 11.8. The van der Waals surface area contributed by atoms with Gasteiger partial charge < -0.3 is 25.2 Å². The number of aromatic nitrogens is 2. The molecule has 2 heterocycles. The molecule has 200 valence electrons.